The maximum atomic E-state index is 11.3. The smallest absolute Gasteiger partial charge is 0.307 e. The Hall–Kier alpha value is -1.59. The van der Waals surface area contributed by atoms with Crippen LogP contribution in [0, 0.1) is 23.7 Å². The number of carboxylic acid groups (broad SMARTS) is 3. The van der Waals surface area contributed by atoms with Gasteiger partial charge in [0, 0.05) is 0 Å². The zero-order valence-corrected chi connectivity index (χ0v) is 11.5. The van der Waals surface area contributed by atoms with Crippen molar-refractivity contribution in [2.45, 2.75) is 40.0 Å². The molecule has 19 heavy (non-hydrogen) atoms. The molecule has 0 aromatic rings. The lowest BCUT2D eigenvalue weighted by atomic mass is 9.76. The molecule has 6 heteroatoms. The fourth-order valence-electron chi connectivity index (χ4n) is 2.22. The van der Waals surface area contributed by atoms with Gasteiger partial charge in [-0.3, -0.25) is 14.4 Å². The van der Waals surface area contributed by atoms with Crippen LogP contribution in [0.3, 0.4) is 0 Å². The predicted octanol–water partition coefficient (Wildman–Crippen LogP) is 1.93. The molecule has 0 spiro atoms. The molecule has 0 aromatic carbocycles. The highest BCUT2D eigenvalue weighted by Crippen LogP contribution is 2.30. The highest BCUT2D eigenvalue weighted by Gasteiger charge is 2.39. The van der Waals surface area contributed by atoms with Crippen molar-refractivity contribution in [2.24, 2.45) is 23.7 Å². The van der Waals surface area contributed by atoms with Crippen molar-refractivity contribution in [3.8, 4) is 0 Å². The number of hydrogen-bond acceptors (Lipinski definition) is 3. The van der Waals surface area contributed by atoms with Crippen LogP contribution in [0.15, 0.2) is 0 Å². The van der Waals surface area contributed by atoms with E-state index in [1.807, 2.05) is 0 Å². The fourth-order valence-corrected chi connectivity index (χ4v) is 2.22. The van der Waals surface area contributed by atoms with Gasteiger partial charge in [-0.2, -0.15) is 0 Å². The third-order valence-corrected chi connectivity index (χ3v) is 3.67. The monoisotopic (exact) mass is 274 g/mol. The van der Waals surface area contributed by atoms with Crippen LogP contribution in [-0.4, -0.2) is 33.2 Å². The van der Waals surface area contributed by atoms with Gasteiger partial charge in [0.15, 0.2) is 0 Å². The minimum Gasteiger partial charge on any atom is -0.481 e. The fraction of sp³-hybridized carbons (Fsp3) is 0.769. The number of carbonyl (C=O) groups is 3. The molecule has 4 atom stereocenters. The van der Waals surface area contributed by atoms with Gasteiger partial charge in [-0.15, -0.1) is 0 Å². The second kappa shape index (κ2) is 7.76. The van der Waals surface area contributed by atoms with Gasteiger partial charge >= 0.3 is 17.9 Å². The van der Waals surface area contributed by atoms with E-state index >= 15 is 0 Å². The second-order valence-corrected chi connectivity index (χ2v) is 4.87. The summed E-state index contributed by atoms with van der Waals surface area (Å²) in [6, 6.07) is 0. The summed E-state index contributed by atoms with van der Waals surface area (Å²) in [6.45, 7) is 5.11. The highest BCUT2D eigenvalue weighted by molar-refractivity contribution is 5.81. The molecular formula is C13H22O6. The average Bonchev–Trinajstić information content (AvgIpc) is 2.32. The van der Waals surface area contributed by atoms with E-state index in [1.165, 1.54) is 0 Å². The van der Waals surface area contributed by atoms with E-state index in [2.05, 4.69) is 0 Å². The molecule has 0 saturated heterocycles. The lowest BCUT2D eigenvalue weighted by Gasteiger charge is -2.26. The molecule has 0 aliphatic heterocycles. The Bertz CT molecular complexity index is 338. The first-order valence-corrected chi connectivity index (χ1v) is 6.44. The van der Waals surface area contributed by atoms with Gasteiger partial charge in [-0.05, 0) is 18.8 Å². The van der Waals surface area contributed by atoms with E-state index in [0.717, 1.165) is 0 Å². The van der Waals surface area contributed by atoms with Gasteiger partial charge in [-0.1, -0.05) is 27.2 Å². The SMILES string of the molecule is CCC(CC(C(=O)O)C(C(=O)O)C(C)CC)C(=O)O. The molecule has 0 bridgehead atoms. The Morgan fingerprint density at radius 2 is 1.42 bits per heavy atom. The van der Waals surface area contributed by atoms with Crippen LogP contribution in [0.4, 0.5) is 0 Å². The normalized spacial score (nSPS) is 17.2. The van der Waals surface area contributed by atoms with E-state index in [1.54, 1.807) is 20.8 Å². The molecule has 3 N–H and O–H groups in total. The van der Waals surface area contributed by atoms with Crippen LogP contribution in [0.25, 0.3) is 0 Å². The lowest BCUT2D eigenvalue weighted by molar-refractivity contribution is -0.158. The van der Waals surface area contributed by atoms with Gasteiger partial charge in [0.25, 0.3) is 0 Å². The molecule has 0 saturated carbocycles. The van der Waals surface area contributed by atoms with Crippen LogP contribution in [0.2, 0.25) is 0 Å². The molecule has 0 aromatic heterocycles. The van der Waals surface area contributed by atoms with E-state index in [4.69, 9.17) is 5.11 Å². The van der Waals surface area contributed by atoms with Gasteiger partial charge < -0.3 is 15.3 Å². The van der Waals surface area contributed by atoms with Crippen LogP contribution < -0.4 is 0 Å². The lowest BCUT2D eigenvalue weighted by Crippen LogP contribution is -2.36. The molecule has 0 rings (SSSR count). The van der Waals surface area contributed by atoms with Crippen LogP contribution >= 0.6 is 0 Å². The summed E-state index contributed by atoms with van der Waals surface area (Å²) in [6.07, 6.45) is 0.666. The second-order valence-electron chi connectivity index (χ2n) is 4.87. The minimum absolute atomic E-state index is 0.150. The first kappa shape index (κ1) is 17.4. The molecule has 0 fully saturated rings. The Labute approximate surface area is 112 Å². The first-order chi connectivity index (χ1) is 8.76. The standard InChI is InChI=1S/C13H22O6/c1-4-7(3)10(13(18)19)9(12(16)17)6-8(5-2)11(14)15/h7-10H,4-6H2,1-3H3,(H,14,15)(H,16,17)(H,18,19). The summed E-state index contributed by atoms with van der Waals surface area (Å²) in [5.74, 6) is -6.88. The maximum absolute atomic E-state index is 11.3. The molecule has 110 valence electrons. The molecule has 0 aliphatic carbocycles. The summed E-state index contributed by atoms with van der Waals surface area (Å²) in [4.78, 5) is 33.5. The van der Waals surface area contributed by atoms with Crippen LogP contribution in [0.5, 0.6) is 0 Å². The third-order valence-electron chi connectivity index (χ3n) is 3.67. The van der Waals surface area contributed by atoms with Crippen molar-refractivity contribution in [2.75, 3.05) is 0 Å². The van der Waals surface area contributed by atoms with Crippen molar-refractivity contribution in [1.82, 2.24) is 0 Å². The van der Waals surface area contributed by atoms with E-state index < -0.39 is 35.7 Å². The minimum atomic E-state index is -1.24. The number of aliphatic carboxylic acids is 3. The van der Waals surface area contributed by atoms with Crippen LogP contribution in [-0.2, 0) is 14.4 Å². The maximum Gasteiger partial charge on any atom is 0.307 e. The molecule has 0 amide bonds. The van der Waals surface area contributed by atoms with Crippen molar-refractivity contribution in [1.29, 1.82) is 0 Å². The summed E-state index contributed by atoms with van der Waals surface area (Å²) in [5.41, 5.74) is 0. The molecule has 0 radical (unpaired) electrons. The predicted molar refractivity (Wildman–Crippen MR) is 67.7 cm³/mol. The third kappa shape index (κ3) is 4.89. The quantitative estimate of drug-likeness (QED) is 0.592. The van der Waals surface area contributed by atoms with Crippen molar-refractivity contribution in [3.63, 3.8) is 0 Å². The average molecular weight is 274 g/mol. The van der Waals surface area contributed by atoms with Gasteiger partial charge in [0.2, 0.25) is 0 Å². The van der Waals surface area contributed by atoms with Crippen molar-refractivity contribution >= 4 is 17.9 Å². The zero-order valence-electron chi connectivity index (χ0n) is 11.5. The molecule has 0 heterocycles. The molecule has 0 aliphatic rings. The Balaban J connectivity index is 5.21. The van der Waals surface area contributed by atoms with Crippen molar-refractivity contribution in [3.05, 3.63) is 0 Å². The number of rotatable bonds is 9. The summed E-state index contributed by atoms with van der Waals surface area (Å²) < 4.78 is 0. The van der Waals surface area contributed by atoms with E-state index in [9.17, 15) is 24.6 Å². The van der Waals surface area contributed by atoms with Crippen molar-refractivity contribution < 1.29 is 29.7 Å². The van der Waals surface area contributed by atoms with E-state index in [-0.39, 0.29) is 18.8 Å². The Kier molecular flexibility index (Phi) is 7.11. The van der Waals surface area contributed by atoms with Gasteiger partial charge in [0.1, 0.15) is 0 Å². The van der Waals surface area contributed by atoms with Gasteiger partial charge in [0.05, 0.1) is 17.8 Å². The molecular weight excluding hydrogens is 252 g/mol. The molecule has 4 unspecified atom stereocenters. The van der Waals surface area contributed by atoms with E-state index in [0.29, 0.717) is 6.42 Å². The first-order valence-electron chi connectivity index (χ1n) is 6.44. The number of carboxylic acids is 3. The Morgan fingerprint density at radius 3 is 1.68 bits per heavy atom. The zero-order chi connectivity index (χ0) is 15.2. The summed E-state index contributed by atoms with van der Waals surface area (Å²) >= 11 is 0. The largest absolute Gasteiger partial charge is 0.481 e. The van der Waals surface area contributed by atoms with Crippen LogP contribution in [0.1, 0.15) is 40.0 Å². The molecule has 6 nitrogen and oxygen atoms in total. The Morgan fingerprint density at radius 1 is 0.895 bits per heavy atom. The summed E-state index contributed by atoms with van der Waals surface area (Å²) in [7, 11) is 0. The highest BCUT2D eigenvalue weighted by atomic mass is 16.4. The topological polar surface area (TPSA) is 112 Å². The number of hydrogen-bond donors (Lipinski definition) is 3. The summed E-state index contributed by atoms with van der Waals surface area (Å²) in [5, 5.41) is 27.4. The van der Waals surface area contributed by atoms with Gasteiger partial charge in [-0.25, -0.2) is 0 Å².